The Morgan fingerprint density at radius 2 is 2.00 bits per heavy atom. The molecule has 17 heavy (non-hydrogen) atoms. The molecule has 2 unspecified atom stereocenters. The third-order valence-electron chi connectivity index (χ3n) is 2.65. The first-order valence-corrected chi connectivity index (χ1v) is 5.42. The Morgan fingerprint density at radius 1 is 1.41 bits per heavy atom. The zero-order chi connectivity index (χ0) is 13.2. The lowest BCUT2D eigenvalue weighted by molar-refractivity contribution is -0.186. The van der Waals surface area contributed by atoms with Crippen LogP contribution in [-0.4, -0.2) is 43.2 Å². The summed E-state index contributed by atoms with van der Waals surface area (Å²) in [6.07, 6.45) is -4.62. The maximum absolute atomic E-state index is 12.7. The predicted octanol–water partition coefficient (Wildman–Crippen LogP) is 1.18. The van der Waals surface area contributed by atoms with Crippen LogP contribution in [0.1, 0.15) is 13.8 Å². The Labute approximate surface area is 98.1 Å². The highest BCUT2D eigenvalue weighted by molar-refractivity contribution is 5.78. The van der Waals surface area contributed by atoms with Crippen LogP contribution in [0.15, 0.2) is 0 Å². The molecule has 0 radical (unpaired) electrons. The zero-order valence-corrected chi connectivity index (χ0v) is 10.0. The van der Waals surface area contributed by atoms with Gasteiger partial charge in [0.1, 0.15) is 0 Å². The second-order valence-corrected chi connectivity index (χ2v) is 4.61. The Balaban J connectivity index is 2.64. The number of halogens is 3. The summed E-state index contributed by atoms with van der Waals surface area (Å²) in [6, 6.07) is 0. The van der Waals surface area contributed by atoms with E-state index < -0.39 is 23.9 Å². The number of nitrogens with one attached hydrogen (secondary N) is 1. The molecule has 0 saturated carbocycles. The molecule has 1 N–H and O–H groups in total. The molecule has 1 aliphatic rings. The number of carbonyl (C=O) groups excluding carboxylic acids is 1. The number of rotatable bonds is 3. The van der Waals surface area contributed by atoms with Gasteiger partial charge in [-0.1, -0.05) is 0 Å². The summed E-state index contributed by atoms with van der Waals surface area (Å²) in [5.74, 6) is -3.42. The molecular formula is C10H17F3N2O2. The molecule has 100 valence electrons. The van der Waals surface area contributed by atoms with Crippen LogP contribution < -0.4 is 5.48 Å². The summed E-state index contributed by atoms with van der Waals surface area (Å²) in [5.41, 5.74) is 2.08. The van der Waals surface area contributed by atoms with Gasteiger partial charge in [0.15, 0.2) is 0 Å². The number of hydroxylamine groups is 1. The van der Waals surface area contributed by atoms with E-state index in [9.17, 15) is 18.0 Å². The lowest BCUT2D eigenvalue weighted by Gasteiger charge is -2.20. The molecule has 7 heteroatoms. The van der Waals surface area contributed by atoms with E-state index in [1.54, 1.807) is 20.9 Å². The van der Waals surface area contributed by atoms with E-state index in [4.69, 9.17) is 4.84 Å². The first-order chi connectivity index (χ1) is 7.71. The summed E-state index contributed by atoms with van der Waals surface area (Å²) in [7, 11) is 1.56. The molecule has 0 aromatic carbocycles. The van der Waals surface area contributed by atoms with Gasteiger partial charge in [0.25, 0.3) is 0 Å². The van der Waals surface area contributed by atoms with Crippen molar-refractivity contribution >= 4 is 5.91 Å². The standard InChI is InChI=1S/C10H17F3N2O2/c1-6(2)17-14-9(16)7-4-15(3)5-8(7)10(11,12)13/h6-8H,4-5H2,1-3H3,(H,14,16). The molecule has 1 rings (SSSR count). The number of amides is 1. The van der Waals surface area contributed by atoms with E-state index in [0.717, 1.165) is 0 Å². The number of hydrogen-bond acceptors (Lipinski definition) is 3. The Hall–Kier alpha value is -0.820. The van der Waals surface area contributed by atoms with Crippen molar-refractivity contribution in [3.05, 3.63) is 0 Å². The fraction of sp³-hybridized carbons (Fsp3) is 0.900. The van der Waals surface area contributed by atoms with Crippen molar-refractivity contribution in [2.45, 2.75) is 26.1 Å². The minimum Gasteiger partial charge on any atom is -0.305 e. The van der Waals surface area contributed by atoms with E-state index >= 15 is 0 Å². The Bertz CT molecular complexity index is 281. The minimum absolute atomic E-state index is 0.0947. The average Bonchev–Trinajstić information content (AvgIpc) is 2.56. The van der Waals surface area contributed by atoms with E-state index in [-0.39, 0.29) is 19.2 Å². The van der Waals surface area contributed by atoms with Crippen molar-refractivity contribution in [3.63, 3.8) is 0 Å². The van der Waals surface area contributed by atoms with Gasteiger partial charge < -0.3 is 4.90 Å². The van der Waals surface area contributed by atoms with Crippen LogP contribution in [-0.2, 0) is 9.63 Å². The van der Waals surface area contributed by atoms with Gasteiger partial charge in [-0.2, -0.15) is 13.2 Å². The first-order valence-electron chi connectivity index (χ1n) is 5.42. The summed E-state index contributed by atoms with van der Waals surface area (Å²) < 4.78 is 38.1. The van der Waals surface area contributed by atoms with E-state index in [1.807, 2.05) is 0 Å². The third kappa shape index (κ3) is 3.85. The molecule has 1 saturated heterocycles. The molecule has 0 aromatic heterocycles. The molecule has 0 bridgehead atoms. The van der Waals surface area contributed by atoms with Gasteiger partial charge in [-0.25, -0.2) is 5.48 Å². The molecule has 1 aliphatic heterocycles. The van der Waals surface area contributed by atoms with Gasteiger partial charge in [-0.15, -0.1) is 0 Å². The van der Waals surface area contributed by atoms with Crippen molar-refractivity contribution < 1.29 is 22.8 Å². The van der Waals surface area contributed by atoms with Crippen LogP contribution in [0.3, 0.4) is 0 Å². The maximum Gasteiger partial charge on any atom is 0.393 e. The Morgan fingerprint density at radius 3 is 2.47 bits per heavy atom. The summed E-state index contributed by atoms with van der Waals surface area (Å²) in [6.45, 7) is 3.31. The van der Waals surface area contributed by atoms with Crippen molar-refractivity contribution in [2.24, 2.45) is 11.8 Å². The van der Waals surface area contributed by atoms with Crippen LogP contribution >= 0.6 is 0 Å². The molecule has 4 nitrogen and oxygen atoms in total. The number of carbonyl (C=O) groups is 1. The fourth-order valence-corrected chi connectivity index (χ4v) is 1.85. The van der Waals surface area contributed by atoms with Crippen LogP contribution in [0.2, 0.25) is 0 Å². The molecule has 0 aromatic rings. The van der Waals surface area contributed by atoms with Gasteiger partial charge in [0.2, 0.25) is 5.91 Å². The highest BCUT2D eigenvalue weighted by atomic mass is 19.4. The molecule has 1 fully saturated rings. The van der Waals surface area contributed by atoms with E-state index in [2.05, 4.69) is 5.48 Å². The third-order valence-corrected chi connectivity index (χ3v) is 2.65. The number of likely N-dealkylation sites (tertiary alicyclic amines) is 1. The molecule has 2 atom stereocenters. The van der Waals surface area contributed by atoms with Gasteiger partial charge in [0.05, 0.1) is 17.9 Å². The SMILES string of the molecule is CC(C)ONC(=O)C1CN(C)CC1C(F)(F)F. The number of alkyl halides is 3. The Kier molecular flexibility index (Phi) is 4.37. The van der Waals surface area contributed by atoms with Gasteiger partial charge in [-0.3, -0.25) is 9.63 Å². The molecule has 0 spiro atoms. The van der Waals surface area contributed by atoms with E-state index in [1.165, 1.54) is 4.90 Å². The quantitative estimate of drug-likeness (QED) is 0.769. The van der Waals surface area contributed by atoms with Crippen LogP contribution in [0.5, 0.6) is 0 Å². The summed E-state index contributed by atoms with van der Waals surface area (Å²) in [4.78, 5) is 17.9. The molecule has 0 aliphatic carbocycles. The summed E-state index contributed by atoms with van der Waals surface area (Å²) in [5, 5.41) is 0. The van der Waals surface area contributed by atoms with Crippen molar-refractivity contribution in [2.75, 3.05) is 20.1 Å². The second-order valence-electron chi connectivity index (χ2n) is 4.61. The highest BCUT2D eigenvalue weighted by Crippen LogP contribution is 2.37. The van der Waals surface area contributed by atoms with Crippen molar-refractivity contribution in [1.82, 2.24) is 10.4 Å². The topological polar surface area (TPSA) is 41.6 Å². The largest absolute Gasteiger partial charge is 0.393 e. The fourth-order valence-electron chi connectivity index (χ4n) is 1.85. The van der Waals surface area contributed by atoms with Gasteiger partial charge >= 0.3 is 6.18 Å². The number of nitrogens with zero attached hydrogens (tertiary/aromatic N) is 1. The number of hydrogen-bond donors (Lipinski definition) is 1. The van der Waals surface area contributed by atoms with Gasteiger partial charge in [-0.05, 0) is 20.9 Å². The predicted molar refractivity (Wildman–Crippen MR) is 54.9 cm³/mol. The zero-order valence-electron chi connectivity index (χ0n) is 10.0. The molecule has 1 amide bonds. The lowest BCUT2D eigenvalue weighted by atomic mass is 9.95. The van der Waals surface area contributed by atoms with Crippen LogP contribution in [0, 0.1) is 11.8 Å². The molecular weight excluding hydrogens is 237 g/mol. The van der Waals surface area contributed by atoms with Crippen LogP contribution in [0.4, 0.5) is 13.2 Å². The van der Waals surface area contributed by atoms with Crippen molar-refractivity contribution in [1.29, 1.82) is 0 Å². The van der Waals surface area contributed by atoms with Crippen molar-refractivity contribution in [3.8, 4) is 0 Å². The smallest absolute Gasteiger partial charge is 0.305 e. The minimum atomic E-state index is -4.36. The summed E-state index contributed by atoms with van der Waals surface area (Å²) >= 11 is 0. The van der Waals surface area contributed by atoms with Crippen LogP contribution in [0.25, 0.3) is 0 Å². The normalized spacial score (nSPS) is 26.5. The average molecular weight is 254 g/mol. The van der Waals surface area contributed by atoms with Gasteiger partial charge in [0, 0.05) is 13.1 Å². The monoisotopic (exact) mass is 254 g/mol. The maximum atomic E-state index is 12.7. The first kappa shape index (κ1) is 14.2. The highest BCUT2D eigenvalue weighted by Gasteiger charge is 2.51. The second kappa shape index (κ2) is 5.22. The molecule has 1 heterocycles. The van der Waals surface area contributed by atoms with E-state index in [0.29, 0.717) is 0 Å². The lowest BCUT2D eigenvalue weighted by Crippen LogP contribution is -2.40.